The highest BCUT2D eigenvalue weighted by Crippen LogP contribution is 2.20. The van der Waals surface area contributed by atoms with Gasteiger partial charge in [-0.25, -0.2) is 8.42 Å². The van der Waals surface area contributed by atoms with E-state index in [-0.39, 0.29) is 23.3 Å². The van der Waals surface area contributed by atoms with E-state index < -0.39 is 16.1 Å². The Bertz CT molecular complexity index is 1080. The lowest BCUT2D eigenvalue weighted by Gasteiger charge is -2.20. The van der Waals surface area contributed by atoms with Gasteiger partial charge in [0.1, 0.15) is 6.04 Å². The first kappa shape index (κ1) is 20.6. The maximum absolute atomic E-state index is 12.8. The highest BCUT2D eigenvalue weighted by Gasteiger charge is 2.27. The molecule has 1 aromatic heterocycles. The molecule has 2 aromatic carbocycles. The van der Waals surface area contributed by atoms with E-state index in [0.717, 1.165) is 20.9 Å². The van der Waals surface area contributed by atoms with Crippen molar-refractivity contribution in [3.8, 4) is 0 Å². The van der Waals surface area contributed by atoms with Crippen LogP contribution in [0.2, 0.25) is 0 Å². The number of aromatic amines is 1. The molecule has 1 atom stereocenters. The first-order chi connectivity index (χ1) is 13.3. The number of carbonyl (C=O) groups excluding carboxylic acids is 1. The van der Waals surface area contributed by atoms with Crippen LogP contribution < -0.4 is 10.0 Å². The van der Waals surface area contributed by atoms with Crippen LogP contribution >= 0.6 is 15.9 Å². The van der Waals surface area contributed by atoms with E-state index in [4.69, 9.17) is 0 Å². The fourth-order valence-electron chi connectivity index (χ4n) is 2.96. The Morgan fingerprint density at radius 3 is 2.46 bits per heavy atom. The van der Waals surface area contributed by atoms with E-state index >= 15 is 0 Å². The summed E-state index contributed by atoms with van der Waals surface area (Å²) in [6.07, 6.45) is 2.05. The quantitative estimate of drug-likeness (QED) is 0.501. The van der Waals surface area contributed by atoms with Gasteiger partial charge in [-0.2, -0.15) is 4.72 Å². The number of sulfonamides is 1. The molecule has 0 saturated heterocycles. The Labute approximate surface area is 172 Å². The molecule has 1 amide bonds. The third kappa shape index (κ3) is 4.81. The molecule has 1 unspecified atom stereocenters. The van der Waals surface area contributed by atoms with Gasteiger partial charge in [0.25, 0.3) is 0 Å². The summed E-state index contributed by atoms with van der Waals surface area (Å²) in [5, 5.41) is 3.77. The number of rotatable bonds is 7. The van der Waals surface area contributed by atoms with Gasteiger partial charge in [-0.05, 0) is 56.2 Å². The smallest absolute Gasteiger partial charge is 0.241 e. The zero-order chi connectivity index (χ0) is 20.3. The number of nitrogens with one attached hydrogen (secondary N) is 3. The summed E-state index contributed by atoms with van der Waals surface area (Å²) in [6, 6.07) is 13.0. The van der Waals surface area contributed by atoms with Gasteiger partial charge in [0.15, 0.2) is 0 Å². The van der Waals surface area contributed by atoms with Crippen LogP contribution in [0.4, 0.5) is 0 Å². The van der Waals surface area contributed by atoms with Gasteiger partial charge in [-0.1, -0.05) is 34.1 Å². The van der Waals surface area contributed by atoms with Crippen LogP contribution in [0.15, 0.2) is 64.1 Å². The molecular formula is C20H22BrN3O3S. The lowest BCUT2D eigenvalue weighted by atomic mass is 10.0. The monoisotopic (exact) mass is 463 g/mol. The molecular weight excluding hydrogens is 442 g/mol. The first-order valence-electron chi connectivity index (χ1n) is 8.89. The van der Waals surface area contributed by atoms with Crippen molar-refractivity contribution in [2.24, 2.45) is 0 Å². The average Bonchev–Trinajstić information content (AvgIpc) is 3.04. The van der Waals surface area contributed by atoms with Gasteiger partial charge in [0, 0.05) is 27.6 Å². The Morgan fingerprint density at radius 2 is 1.79 bits per heavy atom. The van der Waals surface area contributed by atoms with E-state index in [1.165, 1.54) is 12.1 Å². The number of hydrogen-bond acceptors (Lipinski definition) is 3. The lowest BCUT2D eigenvalue weighted by molar-refractivity contribution is -0.123. The van der Waals surface area contributed by atoms with Gasteiger partial charge in [0.05, 0.1) is 4.90 Å². The Balaban J connectivity index is 1.90. The highest BCUT2D eigenvalue weighted by molar-refractivity contribution is 9.10. The molecule has 3 rings (SSSR count). The molecule has 0 aliphatic carbocycles. The molecule has 148 valence electrons. The number of benzene rings is 2. The van der Waals surface area contributed by atoms with Crippen LogP contribution in [-0.4, -0.2) is 31.4 Å². The summed E-state index contributed by atoms with van der Waals surface area (Å²) in [6.45, 7) is 3.67. The summed E-state index contributed by atoms with van der Waals surface area (Å²) >= 11 is 3.29. The maximum atomic E-state index is 12.8. The average molecular weight is 464 g/mol. The second-order valence-corrected chi connectivity index (χ2v) is 9.48. The maximum Gasteiger partial charge on any atom is 0.241 e. The zero-order valence-electron chi connectivity index (χ0n) is 15.6. The van der Waals surface area contributed by atoms with Crippen molar-refractivity contribution in [1.29, 1.82) is 0 Å². The van der Waals surface area contributed by atoms with Crippen molar-refractivity contribution in [2.45, 2.75) is 37.2 Å². The molecule has 0 aliphatic heterocycles. The molecule has 0 saturated carbocycles. The van der Waals surface area contributed by atoms with Gasteiger partial charge in [-0.3, -0.25) is 4.79 Å². The van der Waals surface area contributed by atoms with Crippen LogP contribution in [-0.2, 0) is 21.2 Å². The minimum absolute atomic E-state index is 0.102. The molecule has 3 aromatic rings. The second-order valence-electron chi connectivity index (χ2n) is 6.85. The van der Waals surface area contributed by atoms with E-state index in [1.807, 2.05) is 44.3 Å². The molecule has 0 fully saturated rings. The van der Waals surface area contributed by atoms with Gasteiger partial charge in [0.2, 0.25) is 15.9 Å². The van der Waals surface area contributed by atoms with E-state index in [1.54, 1.807) is 12.1 Å². The molecule has 8 heteroatoms. The molecule has 1 heterocycles. The highest BCUT2D eigenvalue weighted by atomic mass is 79.9. The molecule has 0 aliphatic rings. The number of hydrogen-bond donors (Lipinski definition) is 3. The Kier molecular flexibility index (Phi) is 6.22. The lowest BCUT2D eigenvalue weighted by Crippen LogP contribution is -2.49. The largest absolute Gasteiger partial charge is 0.361 e. The number of carbonyl (C=O) groups is 1. The molecule has 0 bridgehead atoms. The van der Waals surface area contributed by atoms with Crippen LogP contribution in [0, 0.1) is 0 Å². The van der Waals surface area contributed by atoms with Crippen LogP contribution in [0.3, 0.4) is 0 Å². The van der Waals surface area contributed by atoms with Crippen LogP contribution in [0.25, 0.3) is 10.9 Å². The van der Waals surface area contributed by atoms with Crippen molar-refractivity contribution in [1.82, 2.24) is 15.0 Å². The van der Waals surface area contributed by atoms with Crippen molar-refractivity contribution < 1.29 is 13.2 Å². The number of fused-ring (bicyclic) bond motifs is 1. The Hall–Kier alpha value is -2.16. The minimum atomic E-state index is -3.86. The van der Waals surface area contributed by atoms with Crippen molar-refractivity contribution in [3.63, 3.8) is 0 Å². The summed E-state index contributed by atoms with van der Waals surface area (Å²) in [5.74, 6) is -0.360. The Morgan fingerprint density at radius 1 is 1.11 bits per heavy atom. The molecule has 0 spiro atoms. The normalized spacial score (nSPS) is 13.0. The van der Waals surface area contributed by atoms with Gasteiger partial charge in [-0.15, -0.1) is 0 Å². The molecule has 3 N–H and O–H groups in total. The van der Waals surface area contributed by atoms with Gasteiger partial charge >= 0.3 is 0 Å². The summed E-state index contributed by atoms with van der Waals surface area (Å²) in [5.41, 5.74) is 1.81. The fourth-order valence-corrected chi connectivity index (χ4v) is 4.42. The van der Waals surface area contributed by atoms with Crippen LogP contribution in [0.5, 0.6) is 0 Å². The standard InChI is InChI=1S/C20H22BrN3O3S/c1-13(2)23-20(25)19(11-14-12-22-18-6-4-3-5-17(14)18)24-28(26,27)16-9-7-15(21)8-10-16/h3-10,12-13,19,22,24H,11H2,1-2H3,(H,23,25). The third-order valence-corrected chi connectivity index (χ3v) is 6.28. The topological polar surface area (TPSA) is 91.1 Å². The minimum Gasteiger partial charge on any atom is -0.361 e. The first-order valence-corrected chi connectivity index (χ1v) is 11.2. The number of halogens is 1. The predicted molar refractivity (Wildman–Crippen MR) is 114 cm³/mol. The van der Waals surface area contributed by atoms with E-state index in [2.05, 4.69) is 31.0 Å². The van der Waals surface area contributed by atoms with Crippen molar-refractivity contribution in [2.75, 3.05) is 0 Å². The van der Waals surface area contributed by atoms with Crippen LogP contribution in [0.1, 0.15) is 19.4 Å². The number of aromatic nitrogens is 1. The van der Waals surface area contributed by atoms with Crippen molar-refractivity contribution in [3.05, 3.63) is 64.8 Å². The SMILES string of the molecule is CC(C)NC(=O)C(Cc1c[nH]c2ccccc12)NS(=O)(=O)c1ccc(Br)cc1. The van der Waals surface area contributed by atoms with E-state index in [0.29, 0.717) is 0 Å². The second kappa shape index (κ2) is 8.46. The van der Waals surface area contributed by atoms with E-state index in [9.17, 15) is 13.2 Å². The predicted octanol–water partition coefficient (Wildman–Crippen LogP) is 3.34. The summed E-state index contributed by atoms with van der Waals surface area (Å²) in [7, 11) is -3.86. The molecule has 28 heavy (non-hydrogen) atoms. The van der Waals surface area contributed by atoms with Crippen molar-refractivity contribution >= 4 is 42.8 Å². The number of para-hydroxylation sites is 1. The third-order valence-electron chi connectivity index (χ3n) is 4.27. The number of amides is 1. The molecule has 6 nitrogen and oxygen atoms in total. The summed E-state index contributed by atoms with van der Waals surface area (Å²) < 4.78 is 29.0. The molecule has 0 radical (unpaired) electrons. The number of H-pyrrole nitrogens is 1. The van der Waals surface area contributed by atoms with Gasteiger partial charge < -0.3 is 10.3 Å². The zero-order valence-corrected chi connectivity index (χ0v) is 18.0. The fraction of sp³-hybridized carbons (Fsp3) is 0.250. The summed E-state index contributed by atoms with van der Waals surface area (Å²) in [4.78, 5) is 16.0.